The summed E-state index contributed by atoms with van der Waals surface area (Å²) in [6.45, 7) is 1.23. The summed E-state index contributed by atoms with van der Waals surface area (Å²) in [6.07, 6.45) is 5.35. The molecule has 0 radical (unpaired) electrons. The predicted molar refractivity (Wildman–Crippen MR) is 108 cm³/mol. The molecule has 1 fully saturated rings. The summed E-state index contributed by atoms with van der Waals surface area (Å²) in [5, 5.41) is 0. The van der Waals surface area contributed by atoms with Crippen LogP contribution in [0.2, 0.25) is 0 Å². The molecule has 0 aliphatic carbocycles. The number of methoxy groups -OCH3 is 4. The van der Waals surface area contributed by atoms with Crippen molar-refractivity contribution in [2.45, 2.75) is 24.9 Å². The molecular formula is C22H27NO7. The molecule has 0 unspecified atom stereocenters. The van der Waals surface area contributed by atoms with Crippen molar-refractivity contribution in [3.63, 3.8) is 0 Å². The second kappa shape index (κ2) is 9.67. The lowest BCUT2D eigenvalue weighted by Crippen LogP contribution is -2.32. The van der Waals surface area contributed by atoms with Crippen LogP contribution in [0, 0.1) is 0 Å². The standard InChI is InChI=1S/C22H27NO7/c1-26-14-7-8-16(19(10-14)27-2)20-17(21(24)28-3)12-23(11-15-6-5-9-30-15)13-18(20)22(25)29-4/h7-8,10,12-13,15,20H,5-6,9,11H2,1-4H3/t15-/m0/s1. The lowest BCUT2D eigenvalue weighted by Gasteiger charge is -2.31. The van der Waals surface area contributed by atoms with Gasteiger partial charge in [0.05, 0.1) is 51.6 Å². The zero-order chi connectivity index (χ0) is 21.7. The highest BCUT2D eigenvalue weighted by atomic mass is 16.5. The maximum Gasteiger partial charge on any atom is 0.336 e. The van der Waals surface area contributed by atoms with E-state index in [0.717, 1.165) is 12.8 Å². The van der Waals surface area contributed by atoms with Crippen molar-refractivity contribution in [1.29, 1.82) is 0 Å². The van der Waals surface area contributed by atoms with Crippen molar-refractivity contribution in [1.82, 2.24) is 4.90 Å². The first-order chi connectivity index (χ1) is 14.5. The highest BCUT2D eigenvalue weighted by Crippen LogP contribution is 2.42. The third-order valence-corrected chi connectivity index (χ3v) is 5.26. The van der Waals surface area contributed by atoms with Crippen LogP contribution in [0.5, 0.6) is 11.5 Å². The van der Waals surface area contributed by atoms with Crippen LogP contribution in [0.3, 0.4) is 0 Å². The van der Waals surface area contributed by atoms with Crippen LogP contribution in [0.4, 0.5) is 0 Å². The van der Waals surface area contributed by atoms with Gasteiger partial charge in [-0.2, -0.15) is 0 Å². The summed E-state index contributed by atoms with van der Waals surface area (Å²) in [4.78, 5) is 27.2. The van der Waals surface area contributed by atoms with Crippen LogP contribution in [-0.4, -0.2) is 64.5 Å². The van der Waals surface area contributed by atoms with Gasteiger partial charge in [0.2, 0.25) is 0 Å². The number of carbonyl (C=O) groups excluding carboxylic acids is 2. The topological polar surface area (TPSA) is 83.5 Å². The van der Waals surface area contributed by atoms with Crippen LogP contribution in [0.25, 0.3) is 0 Å². The maximum atomic E-state index is 12.7. The third-order valence-electron chi connectivity index (χ3n) is 5.26. The lowest BCUT2D eigenvalue weighted by atomic mass is 9.82. The third kappa shape index (κ3) is 4.43. The van der Waals surface area contributed by atoms with Crippen LogP contribution < -0.4 is 9.47 Å². The van der Waals surface area contributed by atoms with E-state index in [4.69, 9.17) is 23.7 Å². The number of ether oxygens (including phenoxy) is 5. The van der Waals surface area contributed by atoms with Gasteiger partial charge in [0.15, 0.2) is 0 Å². The van der Waals surface area contributed by atoms with Crippen molar-refractivity contribution in [3.8, 4) is 11.5 Å². The number of hydrogen-bond acceptors (Lipinski definition) is 8. The maximum absolute atomic E-state index is 12.7. The molecule has 1 saturated heterocycles. The van der Waals surface area contributed by atoms with Crippen molar-refractivity contribution in [2.24, 2.45) is 0 Å². The Labute approximate surface area is 176 Å². The summed E-state index contributed by atoms with van der Waals surface area (Å²) in [5.41, 5.74) is 1.24. The Bertz CT molecular complexity index is 821. The van der Waals surface area contributed by atoms with Gasteiger partial charge in [-0.3, -0.25) is 0 Å². The van der Waals surface area contributed by atoms with Gasteiger partial charge in [-0.1, -0.05) is 6.07 Å². The number of benzene rings is 1. The zero-order valence-electron chi connectivity index (χ0n) is 17.7. The molecule has 162 valence electrons. The summed E-state index contributed by atoms with van der Waals surface area (Å²) >= 11 is 0. The van der Waals surface area contributed by atoms with Crippen LogP contribution in [-0.2, 0) is 23.8 Å². The molecule has 2 aliphatic rings. The monoisotopic (exact) mass is 417 g/mol. The summed E-state index contributed by atoms with van der Waals surface area (Å²) in [6, 6.07) is 5.23. The van der Waals surface area contributed by atoms with E-state index in [2.05, 4.69) is 0 Å². The minimum Gasteiger partial charge on any atom is -0.497 e. The molecule has 0 aromatic heterocycles. The highest BCUT2D eigenvalue weighted by Gasteiger charge is 2.37. The first kappa shape index (κ1) is 21.7. The predicted octanol–water partition coefficient (Wildman–Crippen LogP) is 2.40. The highest BCUT2D eigenvalue weighted by molar-refractivity contribution is 5.98. The Hall–Kier alpha value is -3.00. The Kier molecular flexibility index (Phi) is 6.99. The van der Waals surface area contributed by atoms with E-state index >= 15 is 0 Å². The molecule has 1 aromatic rings. The van der Waals surface area contributed by atoms with Crippen LogP contribution in [0.15, 0.2) is 41.7 Å². The summed E-state index contributed by atoms with van der Waals surface area (Å²) in [5.74, 6) is -0.712. The fourth-order valence-corrected chi connectivity index (χ4v) is 3.81. The number of rotatable bonds is 7. The van der Waals surface area contributed by atoms with Gasteiger partial charge in [0, 0.05) is 37.2 Å². The van der Waals surface area contributed by atoms with Crippen molar-refractivity contribution >= 4 is 11.9 Å². The Morgan fingerprint density at radius 2 is 1.70 bits per heavy atom. The van der Waals surface area contributed by atoms with E-state index in [9.17, 15) is 9.59 Å². The molecule has 0 bridgehead atoms. The second-order valence-corrected chi connectivity index (χ2v) is 7.02. The van der Waals surface area contributed by atoms with E-state index in [-0.39, 0.29) is 6.10 Å². The Morgan fingerprint density at radius 3 is 2.20 bits per heavy atom. The van der Waals surface area contributed by atoms with Gasteiger partial charge in [-0.05, 0) is 18.9 Å². The molecule has 3 rings (SSSR count). The van der Waals surface area contributed by atoms with Crippen LogP contribution in [0.1, 0.15) is 24.3 Å². The van der Waals surface area contributed by atoms with Gasteiger partial charge in [0.25, 0.3) is 0 Å². The molecule has 0 saturated carbocycles. The van der Waals surface area contributed by atoms with Gasteiger partial charge in [-0.25, -0.2) is 9.59 Å². The number of nitrogens with zero attached hydrogens (tertiary/aromatic N) is 1. The smallest absolute Gasteiger partial charge is 0.336 e. The molecule has 0 spiro atoms. The number of esters is 2. The second-order valence-electron chi connectivity index (χ2n) is 7.02. The van der Waals surface area contributed by atoms with E-state index in [1.807, 2.05) is 0 Å². The molecule has 0 amide bonds. The molecular weight excluding hydrogens is 390 g/mol. The normalized spacial score (nSPS) is 19.1. The van der Waals surface area contributed by atoms with E-state index in [1.54, 1.807) is 42.6 Å². The summed E-state index contributed by atoms with van der Waals surface area (Å²) in [7, 11) is 5.70. The molecule has 2 aliphatic heterocycles. The van der Waals surface area contributed by atoms with E-state index in [1.165, 1.54) is 21.3 Å². The number of hydrogen-bond donors (Lipinski definition) is 0. The van der Waals surface area contributed by atoms with Gasteiger partial charge < -0.3 is 28.6 Å². The average Bonchev–Trinajstić information content (AvgIpc) is 3.30. The van der Waals surface area contributed by atoms with Crippen LogP contribution >= 0.6 is 0 Å². The van der Waals surface area contributed by atoms with Gasteiger partial charge >= 0.3 is 11.9 Å². The van der Waals surface area contributed by atoms with Gasteiger partial charge in [-0.15, -0.1) is 0 Å². The number of carbonyl (C=O) groups is 2. The largest absolute Gasteiger partial charge is 0.497 e. The van der Waals surface area contributed by atoms with Crippen molar-refractivity contribution < 1.29 is 33.3 Å². The lowest BCUT2D eigenvalue weighted by molar-refractivity contribution is -0.137. The average molecular weight is 417 g/mol. The molecule has 8 nitrogen and oxygen atoms in total. The van der Waals surface area contributed by atoms with Gasteiger partial charge in [0.1, 0.15) is 11.5 Å². The van der Waals surface area contributed by atoms with Crippen molar-refractivity contribution in [3.05, 3.63) is 47.3 Å². The first-order valence-corrected chi connectivity index (χ1v) is 9.71. The van der Waals surface area contributed by atoms with E-state index in [0.29, 0.717) is 41.4 Å². The molecule has 8 heteroatoms. The van der Waals surface area contributed by atoms with Crippen molar-refractivity contribution in [2.75, 3.05) is 41.6 Å². The fraction of sp³-hybridized carbons (Fsp3) is 0.455. The zero-order valence-corrected chi connectivity index (χ0v) is 17.7. The minimum atomic E-state index is -0.716. The molecule has 2 heterocycles. The first-order valence-electron chi connectivity index (χ1n) is 9.71. The summed E-state index contributed by atoms with van der Waals surface area (Å²) < 4.78 is 26.6. The molecule has 30 heavy (non-hydrogen) atoms. The SMILES string of the molecule is COC(=O)C1=CN(C[C@@H]2CCCO2)C=C(C(=O)OC)C1c1ccc(OC)cc1OC. The molecule has 1 aromatic carbocycles. The molecule has 0 N–H and O–H groups in total. The molecule has 1 atom stereocenters. The minimum absolute atomic E-state index is 0.0300. The Balaban J connectivity index is 2.09. The quantitative estimate of drug-likeness (QED) is 0.626. The fourth-order valence-electron chi connectivity index (χ4n) is 3.81. The Morgan fingerprint density at radius 1 is 1.03 bits per heavy atom. The van der Waals surface area contributed by atoms with E-state index < -0.39 is 17.9 Å².